The minimum absolute atomic E-state index is 0.853. The van der Waals surface area contributed by atoms with Crippen molar-refractivity contribution in [2.75, 3.05) is 0 Å². The molecule has 74 heavy (non-hydrogen) atoms. The molecule has 12 saturated carbocycles. The van der Waals surface area contributed by atoms with E-state index in [9.17, 15) is 0 Å². The molecule has 0 N–H and O–H groups in total. The standard InChI is InChI=1S/C72H120N2/c1-49-21-29-53(30-22-49)33-35-55-37-45-59(46-38-55)73(57-41-25-51(3)26-42-57)71-65-17-9-5-13-61(65)69(62-14-6-10-18-66(62)71)70-63-15-7-11-19-67(63)72(68-20-12-8-16-64(68)70)74(58-43-27-52(4)28-44-58)60-47-39-56(40-48-60)36-34-54-31-23-50(2)24-32-54/h33-36,49-72H,5-32,37-48H2,1-4H3/b35-33+,36-34+. The van der Waals surface area contributed by atoms with E-state index in [2.05, 4.69) is 61.8 Å². The van der Waals surface area contributed by atoms with E-state index < -0.39 is 0 Å². The predicted octanol–water partition coefficient (Wildman–Crippen LogP) is 19.9. The van der Waals surface area contributed by atoms with Crippen molar-refractivity contribution >= 4 is 0 Å². The number of fused-ring (bicyclic) bond motifs is 4. The molecule has 2 heteroatoms. The summed E-state index contributed by atoms with van der Waals surface area (Å²) in [5.74, 6) is 17.5. The summed E-state index contributed by atoms with van der Waals surface area (Å²) in [7, 11) is 0. The Morgan fingerprint density at radius 3 is 0.649 bits per heavy atom. The Bertz CT molecular complexity index is 1570. The topological polar surface area (TPSA) is 6.48 Å². The van der Waals surface area contributed by atoms with E-state index in [0.717, 1.165) is 143 Å². The van der Waals surface area contributed by atoms with Crippen LogP contribution < -0.4 is 0 Å². The highest BCUT2D eigenvalue weighted by atomic mass is 15.2. The Kier molecular flexibility index (Phi) is 18.3. The van der Waals surface area contributed by atoms with Gasteiger partial charge < -0.3 is 0 Å². The van der Waals surface area contributed by atoms with Crippen LogP contribution in [0.2, 0.25) is 0 Å². The number of hydrogen-bond acceptors (Lipinski definition) is 2. The van der Waals surface area contributed by atoms with Crippen molar-refractivity contribution in [2.24, 2.45) is 107 Å². The summed E-state index contributed by atoms with van der Waals surface area (Å²) in [6, 6.07) is 5.29. The molecule has 0 aromatic heterocycles. The maximum atomic E-state index is 3.55. The van der Waals surface area contributed by atoms with Crippen LogP contribution in [-0.4, -0.2) is 46.1 Å². The average molecular weight is 1010 g/mol. The normalized spacial score (nSPS) is 49.8. The van der Waals surface area contributed by atoms with Crippen LogP contribution in [0.5, 0.6) is 0 Å². The number of nitrogens with zero attached hydrogens (tertiary/aromatic N) is 2. The van der Waals surface area contributed by atoms with Crippen molar-refractivity contribution in [3.05, 3.63) is 24.3 Å². The quantitative estimate of drug-likeness (QED) is 0.190. The molecule has 0 saturated heterocycles. The van der Waals surface area contributed by atoms with E-state index in [1.54, 1.807) is 103 Å². The minimum atomic E-state index is 0.853. The van der Waals surface area contributed by atoms with Gasteiger partial charge in [-0.3, -0.25) is 9.80 Å². The van der Waals surface area contributed by atoms with Gasteiger partial charge in [0.2, 0.25) is 0 Å². The summed E-state index contributed by atoms with van der Waals surface area (Å²) in [5.41, 5.74) is 0. The van der Waals surface area contributed by atoms with Crippen LogP contribution in [0.1, 0.15) is 285 Å². The first kappa shape index (κ1) is 54.0. The summed E-state index contributed by atoms with van der Waals surface area (Å²) in [5, 5.41) is 0. The van der Waals surface area contributed by atoms with Crippen molar-refractivity contribution in [2.45, 2.75) is 321 Å². The molecule has 12 fully saturated rings. The molecule has 12 aliphatic rings. The average Bonchev–Trinajstić information content (AvgIpc) is 3.44. The Labute approximate surface area is 459 Å². The van der Waals surface area contributed by atoms with Crippen molar-refractivity contribution < 1.29 is 0 Å². The first-order valence-electron chi connectivity index (χ1n) is 35.3. The number of hydrogen-bond donors (Lipinski definition) is 0. The maximum absolute atomic E-state index is 3.55. The smallest absolute Gasteiger partial charge is 0.0163 e. The van der Waals surface area contributed by atoms with Gasteiger partial charge in [-0.15, -0.1) is 0 Å². The zero-order valence-electron chi connectivity index (χ0n) is 49.3. The maximum Gasteiger partial charge on any atom is 0.0163 e. The lowest BCUT2D eigenvalue weighted by Gasteiger charge is -2.67. The lowest BCUT2D eigenvalue weighted by atomic mass is 9.42. The molecule has 0 aliphatic heterocycles. The van der Waals surface area contributed by atoms with Crippen molar-refractivity contribution in [1.82, 2.24) is 9.80 Å². The zero-order chi connectivity index (χ0) is 50.1. The van der Waals surface area contributed by atoms with Gasteiger partial charge in [-0.2, -0.15) is 0 Å². The second-order valence-corrected chi connectivity index (χ2v) is 31.3. The van der Waals surface area contributed by atoms with Gasteiger partial charge in [0, 0.05) is 36.3 Å². The second kappa shape index (κ2) is 25.0. The highest BCUT2D eigenvalue weighted by Crippen LogP contribution is 2.66. The van der Waals surface area contributed by atoms with E-state index in [0.29, 0.717) is 0 Å². The summed E-state index contributed by atoms with van der Waals surface area (Å²) in [6.07, 6.45) is 72.0. The number of rotatable bonds is 11. The predicted molar refractivity (Wildman–Crippen MR) is 315 cm³/mol. The van der Waals surface area contributed by atoms with Crippen LogP contribution in [0, 0.1) is 107 Å². The largest absolute Gasteiger partial charge is 0.294 e. The molecule has 2 nitrogen and oxygen atoms in total. The van der Waals surface area contributed by atoms with Gasteiger partial charge in [-0.25, -0.2) is 0 Å². The molecule has 0 heterocycles. The van der Waals surface area contributed by atoms with E-state index in [1.165, 1.54) is 154 Å². The van der Waals surface area contributed by atoms with Gasteiger partial charge in [0.05, 0.1) is 0 Å². The zero-order valence-corrected chi connectivity index (χ0v) is 49.3. The molecular weight excluding hydrogens is 893 g/mol. The monoisotopic (exact) mass is 1010 g/mol. The molecule has 12 aliphatic carbocycles. The van der Waals surface area contributed by atoms with E-state index in [1.807, 2.05) is 0 Å². The van der Waals surface area contributed by atoms with Crippen LogP contribution >= 0.6 is 0 Å². The molecule has 0 bridgehead atoms. The molecule has 0 aromatic carbocycles. The molecule has 12 rings (SSSR count). The Hall–Kier alpha value is -0.600. The molecule has 0 amide bonds. The first-order valence-corrected chi connectivity index (χ1v) is 35.3. The fraction of sp³-hybridized carbons (Fsp3) is 0.944. The fourth-order valence-electron chi connectivity index (χ4n) is 23.1. The lowest BCUT2D eigenvalue weighted by molar-refractivity contribution is -0.183. The molecule has 8 unspecified atom stereocenters. The van der Waals surface area contributed by atoms with Crippen LogP contribution in [0.3, 0.4) is 0 Å². The van der Waals surface area contributed by atoms with Gasteiger partial charge in [-0.1, -0.05) is 129 Å². The Morgan fingerprint density at radius 1 is 0.216 bits per heavy atom. The van der Waals surface area contributed by atoms with Crippen LogP contribution in [0.15, 0.2) is 24.3 Å². The third kappa shape index (κ3) is 11.8. The second-order valence-electron chi connectivity index (χ2n) is 31.3. The first-order chi connectivity index (χ1) is 36.3. The van der Waals surface area contributed by atoms with Gasteiger partial charge >= 0.3 is 0 Å². The summed E-state index contributed by atoms with van der Waals surface area (Å²) in [6.45, 7) is 10.2. The summed E-state index contributed by atoms with van der Waals surface area (Å²) >= 11 is 0. The van der Waals surface area contributed by atoms with Gasteiger partial charge in [0.1, 0.15) is 0 Å². The third-order valence-electron chi connectivity index (χ3n) is 26.9. The molecule has 0 spiro atoms. The Balaban J connectivity index is 0.830. The highest BCUT2D eigenvalue weighted by molar-refractivity contribution is 5.14. The summed E-state index contributed by atoms with van der Waals surface area (Å²) < 4.78 is 0. The van der Waals surface area contributed by atoms with Gasteiger partial charge in [0.15, 0.2) is 0 Å². The molecule has 0 radical (unpaired) electrons. The van der Waals surface area contributed by atoms with Gasteiger partial charge in [0.25, 0.3) is 0 Å². The van der Waals surface area contributed by atoms with Crippen LogP contribution in [0.25, 0.3) is 0 Å². The lowest BCUT2D eigenvalue weighted by Crippen LogP contribution is -2.67. The SMILES string of the molecule is CC1CCC(/C=C/C2CCC(N(C3CCC(C)CC3)C3C4CCCCC4C(C4C5CCCCC5C(N(C5CCC(C)CC5)C5CCC(/C=C/C6CCC(C)CC6)CC5)C5CCCCC54)C4CCCCC43)CC2)CC1. The van der Waals surface area contributed by atoms with E-state index in [4.69, 9.17) is 0 Å². The van der Waals surface area contributed by atoms with Crippen molar-refractivity contribution in [1.29, 1.82) is 0 Å². The van der Waals surface area contributed by atoms with Crippen molar-refractivity contribution in [3.8, 4) is 0 Å². The third-order valence-corrected chi connectivity index (χ3v) is 26.9. The highest BCUT2D eigenvalue weighted by Gasteiger charge is 2.63. The molecule has 0 aromatic rings. The molecular formula is C72H120N2. The molecule has 8 atom stereocenters. The number of allylic oxidation sites excluding steroid dienone is 4. The van der Waals surface area contributed by atoms with Crippen LogP contribution in [-0.2, 0) is 0 Å². The van der Waals surface area contributed by atoms with Crippen LogP contribution in [0.4, 0.5) is 0 Å². The van der Waals surface area contributed by atoms with E-state index >= 15 is 0 Å². The Morgan fingerprint density at radius 2 is 0.405 bits per heavy atom. The molecule has 418 valence electrons. The van der Waals surface area contributed by atoms with E-state index in [-0.39, 0.29) is 0 Å². The summed E-state index contributed by atoms with van der Waals surface area (Å²) in [4.78, 5) is 7.09. The fourth-order valence-corrected chi connectivity index (χ4v) is 23.1. The van der Waals surface area contributed by atoms with Gasteiger partial charge in [-0.05, 0) is 286 Å². The minimum Gasteiger partial charge on any atom is -0.294 e. The van der Waals surface area contributed by atoms with Crippen molar-refractivity contribution in [3.63, 3.8) is 0 Å².